The third-order valence-electron chi connectivity index (χ3n) is 3.15. The van der Waals surface area contributed by atoms with Gasteiger partial charge in [0, 0.05) is 5.69 Å². The maximum Gasteiger partial charge on any atom is 0.253 e. The largest absolute Gasteiger partial charge is 0.368 e. The molecule has 0 aromatic heterocycles. The summed E-state index contributed by atoms with van der Waals surface area (Å²) in [6.07, 6.45) is 2.39. The molecule has 1 aromatic rings. The molecule has 1 saturated carbocycles. The lowest BCUT2D eigenvalue weighted by molar-refractivity contribution is -0.126. The smallest absolute Gasteiger partial charge is 0.253 e. The summed E-state index contributed by atoms with van der Waals surface area (Å²) in [6, 6.07) is 9.38. The molecule has 1 aliphatic rings. The summed E-state index contributed by atoms with van der Waals surface area (Å²) in [6.45, 7) is 2.44. The van der Waals surface area contributed by atoms with Crippen molar-refractivity contribution >= 4 is 11.6 Å². The highest BCUT2D eigenvalue weighted by atomic mass is 16.5. The average molecular weight is 258 g/mol. The lowest BCUT2D eigenvalue weighted by Gasteiger charge is -2.13. The van der Waals surface area contributed by atoms with E-state index in [2.05, 4.69) is 11.4 Å². The maximum absolute atomic E-state index is 11.9. The van der Waals surface area contributed by atoms with Gasteiger partial charge < -0.3 is 10.1 Å². The zero-order chi connectivity index (χ0) is 13.7. The fraction of sp³-hybridized carbons (Fsp3) is 0.467. The lowest BCUT2D eigenvalue weighted by atomic mass is 10.1. The predicted octanol–water partition coefficient (Wildman–Crippen LogP) is 2.51. The molecule has 0 radical (unpaired) electrons. The highest BCUT2D eigenvalue weighted by molar-refractivity contribution is 5.93. The molecule has 1 fully saturated rings. The number of benzene rings is 1. The third kappa shape index (κ3) is 4.38. The van der Waals surface area contributed by atoms with Crippen LogP contribution in [0.5, 0.6) is 0 Å². The SMILES string of the molecule is C[C@H](OCC1CC1)C(=O)Nc1ccc(CC#N)cc1. The molecule has 1 amide bonds. The summed E-state index contributed by atoms with van der Waals surface area (Å²) in [4.78, 5) is 11.9. The fourth-order valence-electron chi connectivity index (χ4n) is 1.68. The number of hydrogen-bond donors (Lipinski definition) is 1. The van der Waals surface area contributed by atoms with E-state index >= 15 is 0 Å². The second-order valence-corrected chi connectivity index (χ2v) is 4.94. The molecule has 1 N–H and O–H groups in total. The summed E-state index contributed by atoms with van der Waals surface area (Å²) in [5, 5.41) is 11.4. The van der Waals surface area contributed by atoms with Crippen LogP contribution in [0.1, 0.15) is 25.3 Å². The molecule has 1 atom stereocenters. The number of hydrogen-bond acceptors (Lipinski definition) is 3. The summed E-state index contributed by atoms with van der Waals surface area (Å²) in [7, 11) is 0. The number of carbonyl (C=O) groups is 1. The minimum atomic E-state index is -0.431. The molecule has 0 bridgehead atoms. The molecular weight excluding hydrogens is 240 g/mol. The van der Waals surface area contributed by atoms with Crippen LogP contribution in [-0.2, 0) is 16.0 Å². The van der Waals surface area contributed by atoms with Gasteiger partial charge in [0.1, 0.15) is 6.10 Å². The zero-order valence-corrected chi connectivity index (χ0v) is 11.1. The highest BCUT2D eigenvalue weighted by Crippen LogP contribution is 2.29. The predicted molar refractivity (Wildman–Crippen MR) is 72.5 cm³/mol. The number of carbonyl (C=O) groups excluding carboxylic acids is 1. The van der Waals surface area contributed by atoms with Gasteiger partial charge in [0.2, 0.25) is 0 Å². The zero-order valence-electron chi connectivity index (χ0n) is 11.1. The van der Waals surface area contributed by atoms with E-state index in [0.29, 0.717) is 18.9 Å². The molecular formula is C15H18N2O2. The van der Waals surface area contributed by atoms with Crippen LogP contribution in [0.2, 0.25) is 0 Å². The van der Waals surface area contributed by atoms with Gasteiger partial charge in [0.15, 0.2) is 0 Å². The van der Waals surface area contributed by atoms with Crippen LogP contribution in [0.25, 0.3) is 0 Å². The molecule has 0 unspecified atom stereocenters. The van der Waals surface area contributed by atoms with Crippen LogP contribution in [0, 0.1) is 17.2 Å². The van der Waals surface area contributed by atoms with E-state index in [-0.39, 0.29) is 5.91 Å². The van der Waals surface area contributed by atoms with Crippen LogP contribution in [0.15, 0.2) is 24.3 Å². The first-order chi connectivity index (χ1) is 9.19. The molecule has 0 heterocycles. The van der Waals surface area contributed by atoms with Crippen LogP contribution < -0.4 is 5.32 Å². The van der Waals surface area contributed by atoms with Crippen molar-refractivity contribution in [3.05, 3.63) is 29.8 Å². The normalized spacial score (nSPS) is 15.6. The van der Waals surface area contributed by atoms with Crippen molar-refractivity contribution in [3.8, 4) is 6.07 Å². The highest BCUT2D eigenvalue weighted by Gasteiger charge is 2.24. The van der Waals surface area contributed by atoms with Crippen molar-refractivity contribution in [1.29, 1.82) is 5.26 Å². The fourth-order valence-corrected chi connectivity index (χ4v) is 1.68. The van der Waals surface area contributed by atoms with E-state index in [1.807, 2.05) is 12.1 Å². The lowest BCUT2D eigenvalue weighted by Crippen LogP contribution is -2.28. The molecule has 19 heavy (non-hydrogen) atoms. The minimum Gasteiger partial charge on any atom is -0.368 e. The molecule has 0 spiro atoms. The number of nitrogens with one attached hydrogen (secondary N) is 1. The van der Waals surface area contributed by atoms with Gasteiger partial charge in [-0.3, -0.25) is 4.79 Å². The van der Waals surface area contributed by atoms with Gasteiger partial charge in [0.25, 0.3) is 5.91 Å². The van der Waals surface area contributed by atoms with Crippen molar-refractivity contribution in [1.82, 2.24) is 0 Å². The Labute approximate surface area is 113 Å². The van der Waals surface area contributed by atoms with Crippen molar-refractivity contribution in [2.24, 2.45) is 5.92 Å². The summed E-state index contributed by atoms with van der Waals surface area (Å²) in [5.74, 6) is 0.522. The van der Waals surface area contributed by atoms with E-state index in [1.165, 1.54) is 12.8 Å². The van der Waals surface area contributed by atoms with E-state index in [4.69, 9.17) is 10.00 Å². The quantitative estimate of drug-likeness (QED) is 0.852. The van der Waals surface area contributed by atoms with E-state index in [9.17, 15) is 4.79 Å². The first-order valence-electron chi connectivity index (χ1n) is 6.57. The van der Waals surface area contributed by atoms with Gasteiger partial charge >= 0.3 is 0 Å². The standard InChI is InChI=1S/C15H18N2O2/c1-11(19-10-13-2-3-13)15(18)17-14-6-4-12(5-7-14)8-9-16/h4-7,11,13H,2-3,8,10H2,1H3,(H,17,18)/t11-/m0/s1. The van der Waals surface area contributed by atoms with Crippen molar-refractivity contribution in [2.45, 2.75) is 32.3 Å². The van der Waals surface area contributed by atoms with Crippen LogP contribution in [0.4, 0.5) is 5.69 Å². The van der Waals surface area contributed by atoms with E-state index < -0.39 is 6.10 Å². The van der Waals surface area contributed by atoms with Crippen molar-refractivity contribution < 1.29 is 9.53 Å². The molecule has 4 nitrogen and oxygen atoms in total. The van der Waals surface area contributed by atoms with Gasteiger partial charge in [0.05, 0.1) is 19.1 Å². The Kier molecular flexibility index (Phi) is 4.53. The monoisotopic (exact) mass is 258 g/mol. The number of nitriles is 1. The Balaban J connectivity index is 1.81. The Hall–Kier alpha value is -1.86. The summed E-state index contributed by atoms with van der Waals surface area (Å²) < 4.78 is 5.51. The second kappa shape index (κ2) is 6.35. The number of anilines is 1. The summed E-state index contributed by atoms with van der Waals surface area (Å²) >= 11 is 0. The van der Waals surface area contributed by atoms with Gasteiger partial charge in [-0.15, -0.1) is 0 Å². The molecule has 100 valence electrons. The molecule has 4 heteroatoms. The molecule has 0 aliphatic heterocycles. The average Bonchev–Trinajstić information content (AvgIpc) is 3.22. The second-order valence-electron chi connectivity index (χ2n) is 4.94. The van der Waals surface area contributed by atoms with Crippen molar-refractivity contribution in [2.75, 3.05) is 11.9 Å². The first kappa shape index (κ1) is 13.6. The van der Waals surface area contributed by atoms with E-state index in [1.54, 1.807) is 19.1 Å². The number of nitrogens with zero attached hydrogens (tertiary/aromatic N) is 1. The van der Waals surface area contributed by atoms with Gasteiger partial charge in [-0.2, -0.15) is 5.26 Å². The van der Waals surface area contributed by atoms with Crippen molar-refractivity contribution in [3.63, 3.8) is 0 Å². The Morgan fingerprint density at radius 2 is 2.16 bits per heavy atom. The molecule has 1 aliphatic carbocycles. The number of rotatable bonds is 6. The minimum absolute atomic E-state index is 0.131. The Bertz CT molecular complexity index is 472. The number of amides is 1. The first-order valence-corrected chi connectivity index (χ1v) is 6.57. The molecule has 0 saturated heterocycles. The topological polar surface area (TPSA) is 62.1 Å². The summed E-state index contributed by atoms with van der Waals surface area (Å²) in [5.41, 5.74) is 1.67. The van der Waals surface area contributed by atoms with Crippen LogP contribution >= 0.6 is 0 Å². The number of ether oxygens (including phenoxy) is 1. The molecule has 2 rings (SSSR count). The third-order valence-corrected chi connectivity index (χ3v) is 3.15. The van der Waals surface area contributed by atoms with Crippen LogP contribution in [0.3, 0.4) is 0 Å². The maximum atomic E-state index is 11.9. The molecule has 1 aromatic carbocycles. The van der Waals surface area contributed by atoms with Gasteiger partial charge in [-0.1, -0.05) is 12.1 Å². The van der Waals surface area contributed by atoms with Gasteiger partial charge in [-0.05, 0) is 43.4 Å². The Morgan fingerprint density at radius 1 is 1.47 bits per heavy atom. The van der Waals surface area contributed by atoms with Gasteiger partial charge in [-0.25, -0.2) is 0 Å². The Morgan fingerprint density at radius 3 is 2.74 bits per heavy atom. The van der Waals surface area contributed by atoms with E-state index in [0.717, 1.165) is 11.3 Å². The van der Waals surface area contributed by atoms with Crippen LogP contribution in [-0.4, -0.2) is 18.6 Å².